The van der Waals surface area contributed by atoms with E-state index in [1.165, 1.54) is 17.0 Å². The Morgan fingerprint density at radius 1 is 1.06 bits per heavy atom. The van der Waals surface area contributed by atoms with Crippen molar-refractivity contribution in [1.82, 2.24) is 4.98 Å². The third kappa shape index (κ3) is 4.62. The summed E-state index contributed by atoms with van der Waals surface area (Å²) in [6.07, 6.45) is 11.5. The summed E-state index contributed by atoms with van der Waals surface area (Å²) < 4.78 is 13.3. The first-order valence-corrected chi connectivity index (χ1v) is 12.1. The second-order valence-electron chi connectivity index (χ2n) is 8.54. The fourth-order valence-corrected chi connectivity index (χ4v) is 5.92. The van der Waals surface area contributed by atoms with Crippen LogP contribution >= 0.6 is 11.3 Å². The number of aromatic nitrogens is 1. The zero-order valence-electron chi connectivity index (χ0n) is 18.2. The van der Waals surface area contributed by atoms with Gasteiger partial charge in [0, 0.05) is 28.9 Å². The van der Waals surface area contributed by atoms with E-state index in [2.05, 4.69) is 41.3 Å². The Balaban J connectivity index is 1.50. The SMILES string of the molecule is O=C(O)CC1CCCN1c1nc(-c2ccc(-c3ccc(F)cc3)cc2)c(C2C=CC=CC2)s1. The predicted molar refractivity (Wildman–Crippen MR) is 131 cm³/mol. The highest BCUT2D eigenvalue weighted by molar-refractivity contribution is 7.16. The number of nitrogens with zero attached hydrogens (tertiary/aromatic N) is 2. The summed E-state index contributed by atoms with van der Waals surface area (Å²) in [6.45, 7) is 0.842. The maximum atomic E-state index is 13.3. The van der Waals surface area contributed by atoms with Crippen molar-refractivity contribution in [2.24, 2.45) is 0 Å². The first-order valence-electron chi connectivity index (χ1n) is 11.3. The summed E-state index contributed by atoms with van der Waals surface area (Å²) in [5.74, 6) is -0.748. The van der Waals surface area contributed by atoms with E-state index in [9.17, 15) is 14.3 Å². The van der Waals surface area contributed by atoms with Crippen LogP contribution in [0.1, 0.15) is 36.5 Å². The predicted octanol–water partition coefficient (Wildman–Crippen LogP) is 6.66. The minimum atomic E-state index is -0.763. The molecule has 3 aromatic rings. The lowest BCUT2D eigenvalue weighted by Crippen LogP contribution is -2.31. The molecule has 1 aliphatic carbocycles. The lowest BCUT2D eigenvalue weighted by atomic mass is 9.95. The van der Waals surface area contributed by atoms with Gasteiger partial charge in [-0.05, 0) is 42.5 Å². The second-order valence-corrected chi connectivity index (χ2v) is 9.55. The van der Waals surface area contributed by atoms with Gasteiger partial charge in [-0.2, -0.15) is 0 Å². The first kappa shape index (κ1) is 21.6. The van der Waals surface area contributed by atoms with Gasteiger partial charge in [-0.3, -0.25) is 4.79 Å². The molecule has 5 rings (SSSR count). The van der Waals surface area contributed by atoms with Crippen molar-refractivity contribution >= 4 is 22.4 Å². The number of allylic oxidation sites excluding steroid dienone is 4. The van der Waals surface area contributed by atoms with Crippen molar-refractivity contribution in [3.8, 4) is 22.4 Å². The van der Waals surface area contributed by atoms with Crippen molar-refractivity contribution in [2.75, 3.05) is 11.4 Å². The molecule has 2 atom stereocenters. The van der Waals surface area contributed by atoms with E-state index in [0.717, 1.165) is 53.3 Å². The molecule has 2 aromatic carbocycles. The standard InChI is InChI=1S/C27H25FN2O2S/c28-22-14-12-19(13-15-22)18-8-10-20(11-9-18)25-26(21-5-2-1-3-6-21)33-27(29-25)30-16-4-7-23(30)17-24(31)32/h1-3,5,8-15,21,23H,4,6-7,16-17H2,(H,31,32). The molecule has 6 heteroatoms. The Morgan fingerprint density at radius 2 is 1.76 bits per heavy atom. The normalized spacial score (nSPS) is 19.8. The molecule has 1 aliphatic heterocycles. The highest BCUT2D eigenvalue weighted by Crippen LogP contribution is 2.43. The van der Waals surface area contributed by atoms with Crippen LogP contribution in [0.4, 0.5) is 9.52 Å². The average Bonchev–Trinajstić information content (AvgIpc) is 3.47. The number of rotatable bonds is 6. The Hall–Kier alpha value is -3.25. The Labute approximate surface area is 196 Å². The van der Waals surface area contributed by atoms with Crippen LogP contribution in [-0.2, 0) is 4.79 Å². The number of thiazole rings is 1. The molecule has 0 saturated carbocycles. The van der Waals surface area contributed by atoms with E-state index < -0.39 is 5.97 Å². The largest absolute Gasteiger partial charge is 0.481 e. The molecule has 2 heterocycles. The molecule has 1 aromatic heterocycles. The van der Waals surface area contributed by atoms with Gasteiger partial charge >= 0.3 is 5.97 Å². The van der Waals surface area contributed by atoms with E-state index in [4.69, 9.17) is 4.98 Å². The number of anilines is 1. The number of benzene rings is 2. The minimum absolute atomic E-state index is 0.00278. The van der Waals surface area contributed by atoms with Gasteiger partial charge in [0.1, 0.15) is 5.82 Å². The second kappa shape index (κ2) is 9.32. The summed E-state index contributed by atoms with van der Waals surface area (Å²) in [7, 11) is 0. The summed E-state index contributed by atoms with van der Waals surface area (Å²) in [5, 5.41) is 10.2. The van der Waals surface area contributed by atoms with E-state index in [-0.39, 0.29) is 24.2 Å². The molecule has 0 radical (unpaired) electrons. The zero-order chi connectivity index (χ0) is 22.8. The Kier molecular flexibility index (Phi) is 6.09. The minimum Gasteiger partial charge on any atom is -0.481 e. The highest BCUT2D eigenvalue weighted by atomic mass is 32.1. The van der Waals surface area contributed by atoms with Crippen molar-refractivity contribution < 1.29 is 14.3 Å². The van der Waals surface area contributed by atoms with Gasteiger partial charge in [0.05, 0.1) is 12.1 Å². The molecule has 2 aliphatic rings. The maximum Gasteiger partial charge on any atom is 0.305 e. The van der Waals surface area contributed by atoms with Crippen LogP contribution < -0.4 is 4.90 Å². The van der Waals surface area contributed by atoms with Gasteiger partial charge in [0.15, 0.2) is 5.13 Å². The molecule has 1 fully saturated rings. The lowest BCUT2D eigenvalue weighted by Gasteiger charge is -2.22. The average molecular weight is 461 g/mol. The van der Waals surface area contributed by atoms with E-state index in [1.807, 2.05) is 12.1 Å². The van der Waals surface area contributed by atoms with Crippen LogP contribution in [0.15, 0.2) is 72.8 Å². The number of hydrogen-bond donors (Lipinski definition) is 1. The van der Waals surface area contributed by atoms with Gasteiger partial charge in [-0.15, -0.1) is 11.3 Å². The molecule has 0 amide bonds. The lowest BCUT2D eigenvalue weighted by molar-refractivity contribution is -0.137. The van der Waals surface area contributed by atoms with Gasteiger partial charge in [-0.25, -0.2) is 9.37 Å². The van der Waals surface area contributed by atoms with Crippen molar-refractivity contribution in [1.29, 1.82) is 0 Å². The topological polar surface area (TPSA) is 53.4 Å². The first-order chi connectivity index (χ1) is 16.1. The quantitative estimate of drug-likeness (QED) is 0.447. The van der Waals surface area contributed by atoms with Crippen molar-refractivity contribution in [3.05, 3.63) is 83.5 Å². The zero-order valence-corrected chi connectivity index (χ0v) is 19.0. The molecular weight excluding hydrogens is 435 g/mol. The maximum absolute atomic E-state index is 13.3. The number of carboxylic acid groups (broad SMARTS) is 1. The van der Waals surface area contributed by atoms with Gasteiger partial charge in [0.25, 0.3) is 0 Å². The number of hydrogen-bond acceptors (Lipinski definition) is 4. The summed E-state index contributed by atoms with van der Waals surface area (Å²) in [4.78, 5) is 19.8. The number of aliphatic carboxylic acids is 1. The summed E-state index contributed by atoms with van der Waals surface area (Å²) >= 11 is 1.69. The van der Waals surface area contributed by atoms with Crippen molar-refractivity contribution in [3.63, 3.8) is 0 Å². The molecule has 4 nitrogen and oxygen atoms in total. The molecule has 2 unspecified atom stereocenters. The smallest absolute Gasteiger partial charge is 0.305 e. The molecule has 168 valence electrons. The third-order valence-corrected chi connectivity index (χ3v) is 7.55. The number of halogens is 1. The molecule has 33 heavy (non-hydrogen) atoms. The summed E-state index contributed by atoms with van der Waals surface area (Å²) in [6, 6.07) is 14.7. The monoisotopic (exact) mass is 460 g/mol. The van der Waals surface area contributed by atoms with Crippen LogP contribution in [0.3, 0.4) is 0 Å². The molecular formula is C27H25FN2O2S. The van der Waals surface area contributed by atoms with Crippen LogP contribution in [0.25, 0.3) is 22.4 Å². The van der Waals surface area contributed by atoms with Crippen LogP contribution in [0.5, 0.6) is 0 Å². The van der Waals surface area contributed by atoms with E-state index in [1.54, 1.807) is 23.5 Å². The molecule has 1 saturated heterocycles. The molecule has 0 bridgehead atoms. The van der Waals surface area contributed by atoms with Crippen LogP contribution in [0.2, 0.25) is 0 Å². The van der Waals surface area contributed by atoms with Crippen LogP contribution in [0, 0.1) is 5.82 Å². The van der Waals surface area contributed by atoms with Gasteiger partial charge < -0.3 is 10.0 Å². The van der Waals surface area contributed by atoms with Crippen molar-refractivity contribution in [2.45, 2.75) is 37.6 Å². The third-order valence-electron chi connectivity index (χ3n) is 6.33. The Morgan fingerprint density at radius 3 is 2.42 bits per heavy atom. The fourth-order valence-electron chi connectivity index (χ4n) is 4.64. The van der Waals surface area contributed by atoms with E-state index >= 15 is 0 Å². The van der Waals surface area contributed by atoms with Gasteiger partial charge in [-0.1, -0.05) is 60.7 Å². The summed E-state index contributed by atoms with van der Waals surface area (Å²) in [5.41, 5.74) is 4.00. The molecule has 0 spiro atoms. The highest BCUT2D eigenvalue weighted by Gasteiger charge is 2.31. The fraction of sp³-hybridized carbons (Fsp3) is 0.259. The Bertz CT molecular complexity index is 1200. The van der Waals surface area contributed by atoms with Crippen LogP contribution in [-0.4, -0.2) is 28.6 Å². The van der Waals surface area contributed by atoms with E-state index in [0.29, 0.717) is 0 Å². The number of carbonyl (C=O) groups is 1. The number of carboxylic acids is 1. The van der Waals surface area contributed by atoms with Gasteiger partial charge in [0.2, 0.25) is 0 Å². The molecule has 1 N–H and O–H groups in total.